The number of hydrogen-bond acceptors (Lipinski definition) is 4. The number of amides is 1. The van der Waals surface area contributed by atoms with Gasteiger partial charge < -0.3 is 21.3 Å². The fraction of sp³-hybridized carbons (Fsp3) is 0.571. The molecule has 0 fully saturated rings. The monoisotopic (exact) mass is 176 g/mol. The predicted octanol–water partition coefficient (Wildman–Crippen LogP) is -1.78. The second-order valence-corrected chi connectivity index (χ2v) is 1.80. The quantitative estimate of drug-likeness (QED) is 0.294. The predicted molar refractivity (Wildman–Crippen MR) is 46.4 cm³/mol. The largest absolute Gasteiger partial charge is 0.395 e. The van der Waals surface area contributed by atoms with Crippen molar-refractivity contribution in [2.45, 2.75) is 0 Å². The van der Waals surface area contributed by atoms with Crippen LogP contribution in [-0.2, 0) is 4.79 Å². The van der Waals surface area contributed by atoms with Gasteiger partial charge in [-0.2, -0.15) is 0 Å². The number of nitrogens with one attached hydrogen (secondary N) is 1. The molecular formula is C7H16N2O3. The summed E-state index contributed by atoms with van der Waals surface area (Å²) in [6.07, 6.45) is 1.06. The Morgan fingerprint density at radius 2 is 1.75 bits per heavy atom. The highest BCUT2D eigenvalue weighted by Crippen LogP contribution is 1.54. The average Bonchev–Trinajstić information content (AvgIpc) is 2.07. The van der Waals surface area contributed by atoms with Gasteiger partial charge in [0.2, 0.25) is 5.91 Å². The van der Waals surface area contributed by atoms with Gasteiger partial charge in [0.05, 0.1) is 13.2 Å². The second kappa shape index (κ2) is 12.7. The topological polar surface area (TPSA) is 95.6 Å². The standard InChI is InChI=1S/C4H11NO2.C3H5NO/c6-3-1-5-2-4-7;1-2-3(4)5/h5-7H,1-4H2;2H,1H2,(H2,4,5). The van der Waals surface area contributed by atoms with Gasteiger partial charge in [-0.1, -0.05) is 6.58 Å². The van der Waals surface area contributed by atoms with Gasteiger partial charge in [0.1, 0.15) is 0 Å². The van der Waals surface area contributed by atoms with E-state index >= 15 is 0 Å². The minimum absolute atomic E-state index is 0.139. The first-order valence-corrected chi connectivity index (χ1v) is 3.53. The maximum absolute atomic E-state index is 9.47. The van der Waals surface area contributed by atoms with E-state index in [9.17, 15) is 4.79 Å². The van der Waals surface area contributed by atoms with Crippen LogP contribution >= 0.6 is 0 Å². The maximum Gasteiger partial charge on any atom is 0.240 e. The van der Waals surface area contributed by atoms with Crippen molar-refractivity contribution in [2.75, 3.05) is 26.3 Å². The number of rotatable bonds is 5. The van der Waals surface area contributed by atoms with Crippen LogP contribution in [0.4, 0.5) is 0 Å². The molecule has 12 heavy (non-hydrogen) atoms. The molecule has 0 spiro atoms. The zero-order chi connectivity index (χ0) is 9.82. The Bertz CT molecular complexity index is 113. The van der Waals surface area contributed by atoms with E-state index in [0.717, 1.165) is 6.08 Å². The zero-order valence-corrected chi connectivity index (χ0v) is 6.99. The highest BCUT2D eigenvalue weighted by Gasteiger charge is 1.78. The summed E-state index contributed by atoms with van der Waals surface area (Å²) < 4.78 is 0. The summed E-state index contributed by atoms with van der Waals surface area (Å²) >= 11 is 0. The number of carbonyl (C=O) groups excluding carboxylic acids is 1. The lowest BCUT2D eigenvalue weighted by Crippen LogP contribution is -2.21. The molecule has 0 radical (unpaired) electrons. The van der Waals surface area contributed by atoms with Crippen LogP contribution in [0.5, 0.6) is 0 Å². The van der Waals surface area contributed by atoms with E-state index in [1.54, 1.807) is 0 Å². The molecule has 1 amide bonds. The van der Waals surface area contributed by atoms with Crippen molar-refractivity contribution >= 4 is 5.91 Å². The first-order chi connectivity index (χ1) is 5.68. The first-order valence-electron chi connectivity index (χ1n) is 3.53. The zero-order valence-electron chi connectivity index (χ0n) is 6.99. The molecular weight excluding hydrogens is 160 g/mol. The Morgan fingerprint density at radius 1 is 1.42 bits per heavy atom. The summed E-state index contributed by atoms with van der Waals surface area (Å²) in [6.45, 7) is 4.50. The summed E-state index contributed by atoms with van der Waals surface area (Å²) in [7, 11) is 0. The van der Waals surface area contributed by atoms with Gasteiger partial charge in [0, 0.05) is 13.1 Å². The van der Waals surface area contributed by atoms with Crippen molar-refractivity contribution in [2.24, 2.45) is 5.73 Å². The van der Waals surface area contributed by atoms with Crippen LogP contribution in [-0.4, -0.2) is 42.4 Å². The molecule has 0 aromatic carbocycles. The number of aliphatic hydroxyl groups excluding tert-OH is 2. The molecule has 0 heterocycles. The van der Waals surface area contributed by atoms with Gasteiger partial charge in [0.25, 0.3) is 0 Å². The smallest absolute Gasteiger partial charge is 0.240 e. The van der Waals surface area contributed by atoms with Crippen LogP contribution in [0.3, 0.4) is 0 Å². The Morgan fingerprint density at radius 3 is 1.92 bits per heavy atom. The van der Waals surface area contributed by atoms with E-state index in [1.165, 1.54) is 0 Å². The summed E-state index contributed by atoms with van der Waals surface area (Å²) in [5.74, 6) is -0.481. The van der Waals surface area contributed by atoms with Crippen molar-refractivity contribution < 1.29 is 15.0 Å². The highest BCUT2D eigenvalue weighted by atomic mass is 16.3. The molecule has 0 saturated heterocycles. The van der Waals surface area contributed by atoms with Crippen LogP contribution in [0.25, 0.3) is 0 Å². The normalized spacial score (nSPS) is 8.17. The number of hydrogen-bond donors (Lipinski definition) is 4. The SMILES string of the molecule is C=CC(N)=O.OCCNCCO. The molecule has 72 valence electrons. The maximum atomic E-state index is 9.47. The van der Waals surface area contributed by atoms with Gasteiger partial charge in [0.15, 0.2) is 0 Å². The van der Waals surface area contributed by atoms with E-state index < -0.39 is 5.91 Å². The highest BCUT2D eigenvalue weighted by molar-refractivity contribution is 5.84. The fourth-order valence-corrected chi connectivity index (χ4v) is 0.283. The van der Waals surface area contributed by atoms with Gasteiger partial charge in [-0.25, -0.2) is 0 Å². The molecule has 0 aromatic heterocycles. The molecule has 0 rings (SSSR count). The molecule has 0 aliphatic rings. The Kier molecular flexibility index (Phi) is 14.5. The number of primary amides is 1. The third-order valence-corrected chi connectivity index (χ3v) is 0.778. The summed E-state index contributed by atoms with van der Waals surface area (Å²) in [5.41, 5.74) is 4.53. The van der Waals surface area contributed by atoms with Gasteiger partial charge in [-0.05, 0) is 6.08 Å². The molecule has 0 aliphatic heterocycles. The molecule has 5 nitrogen and oxygen atoms in total. The number of aliphatic hydroxyl groups is 2. The molecule has 5 heteroatoms. The molecule has 0 aliphatic carbocycles. The first kappa shape index (κ1) is 13.7. The van der Waals surface area contributed by atoms with E-state index in [2.05, 4.69) is 17.6 Å². The van der Waals surface area contributed by atoms with Crippen LogP contribution in [0, 0.1) is 0 Å². The minimum atomic E-state index is -0.481. The summed E-state index contributed by atoms with van der Waals surface area (Å²) in [4.78, 5) is 9.47. The summed E-state index contributed by atoms with van der Waals surface area (Å²) in [6, 6.07) is 0. The Balaban J connectivity index is 0. The van der Waals surface area contributed by atoms with Crippen LogP contribution in [0.2, 0.25) is 0 Å². The number of carbonyl (C=O) groups is 1. The molecule has 0 atom stereocenters. The minimum Gasteiger partial charge on any atom is -0.395 e. The van der Waals surface area contributed by atoms with Crippen molar-refractivity contribution in [3.8, 4) is 0 Å². The lowest BCUT2D eigenvalue weighted by atomic mass is 10.6. The molecule has 0 unspecified atom stereocenters. The second-order valence-electron chi connectivity index (χ2n) is 1.80. The third kappa shape index (κ3) is 23.0. The van der Waals surface area contributed by atoms with E-state index in [0.29, 0.717) is 13.1 Å². The van der Waals surface area contributed by atoms with Crippen molar-refractivity contribution in [3.05, 3.63) is 12.7 Å². The lowest BCUT2D eigenvalue weighted by molar-refractivity contribution is -0.113. The van der Waals surface area contributed by atoms with Gasteiger partial charge in [-0.3, -0.25) is 4.79 Å². The van der Waals surface area contributed by atoms with Gasteiger partial charge in [-0.15, -0.1) is 0 Å². The van der Waals surface area contributed by atoms with E-state index in [4.69, 9.17) is 10.2 Å². The average molecular weight is 176 g/mol. The van der Waals surface area contributed by atoms with Crippen molar-refractivity contribution in [1.29, 1.82) is 0 Å². The third-order valence-electron chi connectivity index (χ3n) is 0.778. The Hall–Kier alpha value is -0.910. The Labute approximate surface area is 71.9 Å². The van der Waals surface area contributed by atoms with Crippen LogP contribution in [0.15, 0.2) is 12.7 Å². The molecule has 0 aromatic rings. The molecule has 0 saturated carbocycles. The molecule has 0 bridgehead atoms. The van der Waals surface area contributed by atoms with E-state index in [-0.39, 0.29) is 13.2 Å². The van der Waals surface area contributed by atoms with Crippen LogP contribution < -0.4 is 11.1 Å². The lowest BCUT2D eigenvalue weighted by Gasteiger charge is -1.94. The van der Waals surface area contributed by atoms with Gasteiger partial charge >= 0.3 is 0 Å². The fourth-order valence-electron chi connectivity index (χ4n) is 0.283. The van der Waals surface area contributed by atoms with Crippen LogP contribution in [0.1, 0.15) is 0 Å². The van der Waals surface area contributed by atoms with E-state index in [1.807, 2.05) is 0 Å². The number of nitrogens with two attached hydrogens (primary N) is 1. The van der Waals surface area contributed by atoms with Crippen molar-refractivity contribution in [3.63, 3.8) is 0 Å². The van der Waals surface area contributed by atoms with Crippen molar-refractivity contribution in [1.82, 2.24) is 5.32 Å². The molecule has 5 N–H and O–H groups in total. The summed E-state index contributed by atoms with van der Waals surface area (Å²) in [5, 5.41) is 19.1.